The Kier molecular flexibility index (Phi) is 10.3. The van der Waals surface area contributed by atoms with Crippen molar-refractivity contribution in [3.05, 3.63) is 88.5 Å². The number of primary amides is 1. The zero-order valence-corrected chi connectivity index (χ0v) is 22.7. The highest BCUT2D eigenvalue weighted by molar-refractivity contribution is 5.85. The third-order valence-electron chi connectivity index (χ3n) is 6.56. The van der Waals surface area contributed by atoms with Gasteiger partial charge >= 0.3 is 0 Å². The molecular formula is C31H38N2O5. The van der Waals surface area contributed by atoms with Crippen molar-refractivity contribution in [1.82, 2.24) is 0 Å². The fourth-order valence-corrected chi connectivity index (χ4v) is 4.72. The lowest BCUT2D eigenvalue weighted by molar-refractivity contribution is -0.121. The third-order valence-corrected chi connectivity index (χ3v) is 6.56. The predicted molar refractivity (Wildman–Crippen MR) is 149 cm³/mol. The van der Waals surface area contributed by atoms with Crippen LogP contribution in [-0.4, -0.2) is 38.6 Å². The van der Waals surface area contributed by atoms with Gasteiger partial charge in [0.2, 0.25) is 0 Å². The Morgan fingerprint density at radius 3 is 2.13 bits per heavy atom. The van der Waals surface area contributed by atoms with Crippen LogP contribution in [0.15, 0.2) is 60.7 Å². The summed E-state index contributed by atoms with van der Waals surface area (Å²) < 4.78 is 16.4. The molecule has 0 spiro atoms. The summed E-state index contributed by atoms with van der Waals surface area (Å²) >= 11 is 0. The molecule has 0 fully saturated rings. The lowest BCUT2D eigenvalue weighted by Gasteiger charge is -2.22. The molecule has 7 nitrogen and oxygen atoms in total. The highest BCUT2D eigenvalue weighted by Crippen LogP contribution is 2.37. The molecule has 0 aliphatic carbocycles. The van der Waals surface area contributed by atoms with Gasteiger partial charge in [0.1, 0.15) is 23.0 Å². The van der Waals surface area contributed by atoms with Gasteiger partial charge in [0.05, 0.1) is 20.3 Å². The van der Waals surface area contributed by atoms with E-state index >= 15 is 0 Å². The maximum absolute atomic E-state index is 13.4. The summed E-state index contributed by atoms with van der Waals surface area (Å²) in [7, 11) is 3.19. The van der Waals surface area contributed by atoms with E-state index in [2.05, 4.69) is 32.0 Å². The number of Topliss-reactive ketones (excluding diaryl/α,β-unsaturated/α-hetero) is 1. The molecule has 38 heavy (non-hydrogen) atoms. The maximum atomic E-state index is 13.4. The monoisotopic (exact) mass is 518 g/mol. The molecule has 1 amide bonds. The predicted octanol–water partition coefficient (Wildman–Crippen LogP) is 4.63. The number of benzene rings is 3. The molecule has 0 saturated heterocycles. The first kappa shape index (κ1) is 28.7. The average molecular weight is 519 g/mol. The highest BCUT2D eigenvalue weighted by Gasteiger charge is 2.25. The van der Waals surface area contributed by atoms with Crippen molar-refractivity contribution in [3.8, 4) is 17.2 Å². The van der Waals surface area contributed by atoms with E-state index in [1.807, 2.05) is 24.3 Å². The van der Waals surface area contributed by atoms with E-state index in [9.17, 15) is 9.59 Å². The number of carbonyl (C=O) groups excluding carboxylic acids is 2. The second-order valence-corrected chi connectivity index (χ2v) is 9.65. The topological polar surface area (TPSA) is 114 Å². The summed E-state index contributed by atoms with van der Waals surface area (Å²) in [4.78, 5) is 24.4. The minimum atomic E-state index is -0.564. The van der Waals surface area contributed by atoms with Crippen LogP contribution in [0.2, 0.25) is 0 Å². The van der Waals surface area contributed by atoms with Crippen molar-refractivity contribution < 1.29 is 23.8 Å². The van der Waals surface area contributed by atoms with Crippen molar-refractivity contribution in [2.75, 3.05) is 20.8 Å². The number of rotatable bonds is 14. The molecule has 3 aromatic carbocycles. The summed E-state index contributed by atoms with van der Waals surface area (Å²) in [5.74, 6) is 0.948. The van der Waals surface area contributed by atoms with Crippen molar-refractivity contribution in [2.24, 2.45) is 11.5 Å². The van der Waals surface area contributed by atoms with Crippen LogP contribution < -0.4 is 25.7 Å². The van der Waals surface area contributed by atoms with E-state index in [1.165, 1.54) is 16.7 Å². The molecule has 7 heteroatoms. The Balaban J connectivity index is 1.77. The number of nitrogens with two attached hydrogens (primary N) is 2. The van der Waals surface area contributed by atoms with E-state index in [0.29, 0.717) is 23.7 Å². The SMILES string of the molecule is COc1ccc(C(CC(=O)[C@@H](N)CCCc2cc(C)cc(C)c2)c2ccc(OCC(N)=O)cc2)c(OC)c1. The molecule has 0 radical (unpaired) electrons. The minimum Gasteiger partial charge on any atom is -0.497 e. The smallest absolute Gasteiger partial charge is 0.255 e. The first-order valence-corrected chi connectivity index (χ1v) is 12.8. The molecule has 0 saturated carbocycles. The van der Waals surface area contributed by atoms with Crippen LogP contribution in [-0.2, 0) is 16.0 Å². The molecule has 3 rings (SSSR count). The summed E-state index contributed by atoms with van der Waals surface area (Å²) in [6.07, 6.45) is 2.54. The number of hydrogen-bond donors (Lipinski definition) is 2. The molecule has 1 unspecified atom stereocenters. The number of ketones is 1. The Labute approximate surface area is 225 Å². The molecule has 2 atom stereocenters. The first-order valence-electron chi connectivity index (χ1n) is 12.8. The average Bonchev–Trinajstić information content (AvgIpc) is 2.89. The van der Waals surface area contributed by atoms with Gasteiger partial charge in [-0.2, -0.15) is 0 Å². The van der Waals surface area contributed by atoms with E-state index in [0.717, 1.165) is 24.0 Å². The lowest BCUT2D eigenvalue weighted by atomic mass is 9.84. The van der Waals surface area contributed by atoms with Gasteiger partial charge in [0.15, 0.2) is 6.61 Å². The minimum absolute atomic E-state index is 0.0117. The van der Waals surface area contributed by atoms with E-state index in [4.69, 9.17) is 25.7 Å². The second kappa shape index (κ2) is 13.6. The van der Waals surface area contributed by atoms with Gasteiger partial charge in [-0.1, -0.05) is 47.5 Å². The van der Waals surface area contributed by atoms with Crippen LogP contribution in [0.25, 0.3) is 0 Å². The van der Waals surface area contributed by atoms with Crippen LogP contribution >= 0.6 is 0 Å². The van der Waals surface area contributed by atoms with Gasteiger partial charge in [-0.25, -0.2) is 0 Å². The summed E-state index contributed by atoms with van der Waals surface area (Å²) in [6.45, 7) is 3.98. The van der Waals surface area contributed by atoms with Crippen molar-refractivity contribution in [2.45, 2.75) is 51.5 Å². The lowest BCUT2D eigenvalue weighted by Crippen LogP contribution is -2.31. The van der Waals surface area contributed by atoms with Gasteiger partial charge in [-0.15, -0.1) is 0 Å². The van der Waals surface area contributed by atoms with Crippen LogP contribution in [0.1, 0.15) is 53.0 Å². The molecule has 0 aliphatic heterocycles. The fourth-order valence-electron chi connectivity index (χ4n) is 4.72. The van der Waals surface area contributed by atoms with E-state index < -0.39 is 11.9 Å². The van der Waals surface area contributed by atoms with Crippen LogP contribution in [0.4, 0.5) is 0 Å². The zero-order valence-electron chi connectivity index (χ0n) is 22.7. The van der Waals surface area contributed by atoms with Gasteiger partial charge in [0.25, 0.3) is 5.91 Å². The van der Waals surface area contributed by atoms with Crippen molar-refractivity contribution >= 4 is 11.7 Å². The van der Waals surface area contributed by atoms with Crippen LogP contribution in [0, 0.1) is 13.8 Å². The standard InChI is InChI=1S/C31H38N2O5/c1-20-14-21(2)16-22(15-20)6-5-7-28(32)29(34)18-27(26-13-12-25(36-3)17-30(26)37-4)23-8-10-24(11-9-23)38-19-31(33)35/h8-17,27-28H,5-7,18-19,32H2,1-4H3,(H2,33,35)/t27?,28-/m0/s1. The summed E-state index contributed by atoms with van der Waals surface area (Å²) in [6, 6.07) is 18.8. The van der Waals surface area contributed by atoms with Gasteiger partial charge in [-0.3, -0.25) is 9.59 Å². The highest BCUT2D eigenvalue weighted by atomic mass is 16.5. The maximum Gasteiger partial charge on any atom is 0.255 e. The quantitative estimate of drug-likeness (QED) is 0.322. The largest absolute Gasteiger partial charge is 0.497 e. The molecule has 202 valence electrons. The Hall–Kier alpha value is -3.84. The molecule has 0 heterocycles. The van der Waals surface area contributed by atoms with E-state index in [-0.39, 0.29) is 24.7 Å². The zero-order chi connectivity index (χ0) is 27.7. The van der Waals surface area contributed by atoms with Crippen molar-refractivity contribution in [1.29, 1.82) is 0 Å². The molecule has 0 aromatic heterocycles. The molecule has 0 bridgehead atoms. The normalized spacial score (nSPS) is 12.4. The Morgan fingerprint density at radius 2 is 1.53 bits per heavy atom. The number of aryl methyl sites for hydroxylation is 3. The molecule has 3 aromatic rings. The first-order chi connectivity index (χ1) is 18.2. The third kappa shape index (κ3) is 8.08. The van der Waals surface area contributed by atoms with Crippen molar-refractivity contribution in [3.63, 3.8) is 0 Å². The number of ether oxygens (including phenoxy) is 3. The second-order valence-electron chi connectivity index (χ2n) is 9.65. The van der Waals surface area contributed by atoms with E-state index in [1.54, 1.807) is 32.4 Å². The summed E-state index contributed by atoms with van der Waals surface area (Å²) in [5.41, 5.74) is 17.1. The molecular weight excluding hydrogens is 480 g/mol. The summed E-state index contributed by atoms with van der Waals surface area (Å²) in [5, 5.41) is 0. The molecule has 0 aliphatic rings. The number of carbonyl (C=O) groups is 2. The Morgan fingerprint density at radius 1 is 0.868 bits per heavy atom. The molecule has 4 N–H and O–H groups in total. The number of amides is 1. The van der Waals surface area contributed by atoms with Gasteiger partial charge in [-0.05, 0) is 62.4 Å². The van der Waals surface area contributed by atoms with Gasteiger partial charge < -0.3 is 25.7 Å². The number of hydrogen-bond acceptors (Lipinski definition) is 6. The van der Waals surface area contributed by atoms with Crippen LogP contribution in [0.3, 0.4) is 0 Å². The fraction of sp³-hybridized carbons (Fsp3) is 0.355. The Bertz CT molecular complexity index is 1220. The van der Waals surface area contributed by atoms with Gasteiger partial charge in [0, 0.05) is 24.0 Å². The van der Waals surface area contributed by atoms with Crippen LogP contribution in [0.5, 0.6) is 17.2 Å². The number of methoxy groups -OCH3 is 2.